The van der Waals surface area contributed by atoms with Crippen LogP contribution in [0.25, 0.3) is 0 Å². The molecule has 0 saturated carbocycles. The SMILES string of the molecule is Cn1nnc(Br)c1S(=O)(=O)Nc1ccc(CC#N)cc1. The second-order valence-corrected chi connectivity index (χ2v) is 6.30. The van der Waals surface area contributed by atoms with Crippen LogP contribution in [0.1, 0.15) is 5.56 Å². The summed E-state index contributed by atoms with van der Waals surface area (Å²) in [4.78, 5) is 0. The molecule has 0 unspecified atom stereocenters. The lowest BCUT2D eigenvalue weighted by Gasteiger charge is -2.08. The van der Waals surface area contributed by atoms with Crippen molar-refractivity contribution in [2.75, 3.05) is 4.72 Å². The van der Waals surface area contributed by atoms with Crippen LogP contribution in [0.4, 0.5) is 5.69 Å². The molecule has 2 rings (SSSR count). The molecule has 1 aromatic carbocycles. The molecule has 0 aliphatic carbocycles. The fourth-order valence-corrected chi connectivity index (χ4v) is 3.75. The number of benzene rings is 1. The molecule has 0 amide bonds. The number of anilines is 1. The molecule has 0 fully saturated rings. The summed E-state index contributed by atoms with van der Waals surface area (Å²) in [6, 6.07) is 8.61. The van der Waals surface area contributed by atoms with E-state index in [1.807, 2.05) is 6.07 Å². The Labute approximate surface area is 124 Å². The van der Waals surface area contributed by atoms with Crippen molar-refractivity contribution in [1.82, 2.24) is 15.0 Å². The second kappa shape index (κ2) is 5.60. The maximum atomic E-state index is 12.2. The van der Waals surface area contributed by atoms with Crippen molar-refractivity contribution in [3.05, 3.63) is 34.4 Å². The molecule has 104 valence electrons. The van der Waals surface area contributed by atoms with Crippen molar-refractivity contribution >= 4 is 31.6 Å². The largest absolute Gasteiger partial charge is 0.281 e. The minimum atomic E-state index is -3.78. The average Bonchev–Trinajstić information content (AvgIpc) is 2.72. The monoisotopic (exact) mass is 355 g/mol. The number of nitriles is 1. The third kappa shape index (κ3) is 2.97. The summed E-state index contributed by atoms with van der Waals surface area (Å²) in [6.07, 6.45) is 0.282. The lowest BCUT2D eigenvalue weighted by molar-refractivity contribution is 0.578. The third-order valence-electron chi connectivity index (χ3n) is 2.48. The number of nitrogens with zero attached hydrogens (tertiary/aromatic N) is 4. The number of aromatic nitrogens is 3. The first kappa shape index (κ1) is 14.5. The molecule has 1 N–H and O–H groups in total. The highest BCUT2D eigenvalue weighted by molar-refractivity contribution is 9.10. The molecule has 0 spiro atoms. The predicted octanol–water partition coefficient (Wildman–Crippen LogP) is 1.44. The van der Waals surface area contributed by atoms with Crippen molar-refractivity contribution in [3.63, 3.8) is 0 Å². The molecular weight excluding hydrogens is 346 g/mol. The summed E-state index contributed by atoms with van der Waals surface area (Å²) >= 11 is 3.05. The third-order valence-corrected chi connectivity index (χ3v) is 4.75. The number of hydrogen-bond donors (Lipinski definition) is 1. The van der Waals surface area contributed by atoms with Gasteiger partial charge >= 0.3 is 0 Å². The Balaban J connectivity index is 2.27. The lowest BCUT2D eigenvalue weighted by Crippen LogP contribution is -2.17. The molecule has 9 heteroatoms. The van der Waals surface area contributed by atoms with E-state index in [1.165, 1.54) is 7.05 Å². The number of rotatable bonds is 4. The van der Waals surface area contributed by atoms with Gasteiger partial charge in [-0.2, -0.15) is 13.7 Å². The zero-order chi connectivity index (χ0) is 14.8. The molecule has 0 aliphatic heterocycles. The van der Waals surface area contributed by atoms with E-state index in [1.54, 1.807) is 24.3 Å². The minimum Gasteiger partial charge on any atom is -0.278 e. The van der Waals surface area contributed by atoms with Gasteiger partial charge in [-0.05, 0) is 33.6 Å². The highest BCUT2D eigenvalue weighted by Gasteiger charge is 2.23. The highest BCUT2D eigenvalue weighted by atomic mass is 79.9. The number of nitrogens with one attached hydrogen (secondary N) is 1. The predicted molar refractivity (Wildman–Crippen MR) is 75.3 cm³/mol. The number of hydrogen-bond acceptors (Lipinski definition) is 5. The Morgan fingerprint density at radius 2 is 2.05 bits per heavy atom. The molecule has 7 nitrogen and oxygen atoms in total. The Morgan fingerprint density at radius 1 is 1.40 bits per heavy atom. The first-order valence-corrected chi connectivity index (χ1v) is 7.75. The fraction of sp³-hybridized carbons (Fsp3) is 0.182. The van der Waals surface area contributed by atoms with Crippen LogP contribution < -0.4 is 4.72 Å². The first-order chi connectivity index (χ1) is 9.44. The van der Waals surface area contributed by atoms with Crippen molar-refractivity contribution < 1.29 is 8.42 Å². The maximum absolute atomic E-state index is 12.2. The summed E-state index contributed by atoms with van der Waals surface area (Å²) in [5.74, 6) is 0. The lowest BCUT2D eigenvalue weighted by atomic mass is 10.1. The molecular formula is C11H10BrN5O2S. The van der Waals surface area contributed by atoms with E-state index in [4.69, 9.17) is 5.26 Å². The normalized spacial score (nSPS) is 11.1. The van der Waals surface area contributed by atoms with E-state index < -0.39 is 10.0 Å². The molecule has 0 radical (unpaired) electrons. The van der Waals surface area contributed by atoms with E-state index in [-0.39, 0.29) is 16.0 Å². The molecule has 0 aliphatic rings. The van der Waals surface area contributed by atoms with E-state index in [2.05, 4.69) is 31.0 Å². The van der Waals surface area contributed by atoms with Gasteiger partial charge in [0.05, 0.1) is 12.5 Å². The van der Waals surface area contributed by atoms with Crippen LogP contribution in [-0.4, -0.2) is 23.4 Å². The minimum absolute atomic E-state index is 0.0569. The summed E-state index contributed by atoms with van der Waals surface area (Å²) in [6.45, 7) is 0. The molecule has 0 saturated heterocycles. The topological polar surface area (TPSA) is 101 Å². The highest BCUT2D eigenvalue weighted by Crippen LogP contribution is 2.21. The molecule has 0 bridgehead atoms. The standard InChI is InChI=1S/C11H10BrN5O2S/c1-17-11(10(12)14-16-17)20(18,19)15-9-4-2-8(3-5-9)6-7-13/h2-5,15H,6H2,1H3. The van der Waals surface area contributed by atoms with Crippen LogP contribution in [0.15, 0.2) is 33.9 Å². The van der Waals surface area contributed by atoms with Crippen molar-refractivity contribution in [2.24, 2.45) is 7.05 Å². The van der Waals surface area contributed by atoms with Crippen LogP contribution >= 0.6 is 15.9 Å². The van der Waals surface area contributed by atoms with Crippen molar-refractivity contribution in [1.29, 1.82) is 5.26 Å². The average molecular weight is 356 g/mol. The second-order valence-electron chi connectivity index (χ2n) is 3.95. The summed E-state index contributed by atoms with van der Waals surface area (Å²) in [7, 11) is -2.29. The van der Waals surface area contributed by atoms with Crippen molar-refractivity contribution in [2.45, 2.75) is 11.4 Å². The Bertz CT molecular complexity index is 742. The molecule has 20 heavy (non-hydrogen) atoms. The smallest absolute Gasteiger partial charge is 0.278 e. The van der Waals surface area contributed by atoms with Gasteiger partial charge in [0.2, 0.25) is 5.03 Å². The first-order valence-electron chi connectivity index (χ1n) is 5.48. The number of sulfonamides is 1. The van der Waals surface area contributed by atoms with Crippen LogP contribution in [0.5, 0.6) is 0 Å². The Kier molecular flexibility index (Phi) is 4.06. The molecule has 2 aromatic rings. The van der Waals surface area contributed by atoms with Gasteiger partial charge in [-0.15, -0.1) is 5.10 Å². The van der Waals surface area contributed by atoms with Crippen molar-refractivity contribution in [3.8, 4) is 6.07 Å². The van der Waals surface area contributed by atoms with Gasteiger partial charge in [0.15, 0.2) is 4.60 Å². The van der Waals surface area contributed by atoms with Gasteiger partial charge in [-0.25, -0.2) is 4.68 Å². The van der Waals surface area contributed by atoms with Gasteiger partial charge in [0.25, 0.3) is 10.0 Å². The van der Waals surface area contributed by atoms with Crippen LogP contribution in [0.3, 0.4) is 0 Å². The van der Waals surface area contributed by atoms with Gasteiger partial charge in [-0.1, -0.05) is 17.3 Å². The molecule has 1 heterocycles. The van der Waals surface area contributed by atoms with E-state index >= 15 is 0 Å². The van der Waals surface area contributed by atoms with Crippen LogP contribution in [0.2, 0.25) is 0 Å². The van der Waals surface area contributed by atoms with Crippen LogP contribution in [0, 0.1) is 11.3 Å². The Hall–Kier alpha value is -1.92. The molecule has 1 aromatic heterocycles. The van der Waals surface area contributed by atoms with Gasteiger partial charge < -0.3 is 0 Å². The zero-order valence-electron chi connectivity index (χ0n) is 10.4. The number of halogens is 1. The van der Waals surface area contributed by atoms with Crippen LogP contribution in [-0.2, 0) is 23.5 Å². The van der Waals surface area contributed by atoms with E-state index in [0.29, 0.717) is 5.69 Å². The van der Waals surface area contributed by atoms with E-state index in [0.717, 1.165) is 10.2 Å². The van der Waals surface area contributed by atoms with Gasteiger partial charge in [-0.3, -0.25) is 4.72 Å². The van der Waals surface area contributed by atoms with Gasteiger partial charge in [0, 0.05) is 12.7 Å². The van der Waals surface area contributed by atoms with Gasteiger partial charge in [0.1, 0.15) is 0 Å². The fourth-order valence-electron chi connectivity index (χ4n) is 1.59. The quantitative estimate of drug-likeness (QED) is 0.894. The van der Waals surface area contributed by atoms with E-state index in [9.17, 15) is 8.42 Å². The Morgan fingerprint density at radius 3 is 2.55 bits per heavy atom. The maximum Gasteiger partial charge on any atom is 0.281 e. The summed E-state index contributed by atoms with van der Waals surface area (Å²) < 4.78 is 28.2. The summed E-state index contributed by atoms with van der Waals surface area (Å²) in [5.41, 5.74) is 1.22. The summed E-state index contributed by atoms with van der Waals surface area (Å²) in [5, 5.41) is 15.8. The number of aryl methyl sites for hydroxylation is 1. The zero-order valence-corrected chi connectivity index (χ0v) is 12.8. The molecule has 0 atom stereocenters.